The monoisotopic (exact) mass is 196 g/mol. The van der Waals surface area contributed by atoms with Crippen LogP contribution in [0.25, 0.3) is 0 Å². The van der Waals surface area contributed by atoms with Crippen molar-refractivity contribution in [3.05, 3.63) is 0 Å². The van der Waals surface area contributed by atoms with Gasteiger partial charge in [-0.15, -0.1) is 0 Å². The first kappa shape index (κ1) is 9.97. The van der Waals surface area contributed by atoms with Gasteiger partial charge in [-0.2, -0.15) is 0 Å². The van der Waals surface area contributed by atoms with Gasteiger partial charge in [0.1, 0.15) is 0 Å². The van der Waals surface area contributed by atoms with Gasteiger partial charge in [0.15, 0.2) is 0 Å². The summed E-state index contributed by atoms with van der Waals surface area (Å²) >= 11 is 0. The number of hydrogen-bond acceptors (Lipinski definition) is 2. The van der Waals surface area contributed by atoms with Crippen molar-refractivity contribution < 1.29 is 4.79 Å². The molecule has 3 atom stereocenters. The molecule has 3 unspecified atom stereocenters. The van der Waals surface area contributed by atoms with Crippen LogP contribution in [0, 0.1) is 5.92 Å². The zero-order valence-corrected chi connectivity index (χ0v) is 9.12. The predicted octanol–water partition coefficient (Wildman–Crippen LogP) is 0.995. The van der Waals surface area contributed by atoms with E-state index in [1.54, 1.807) is 0 Å². The Hall–Kier alpha value is -0.570. The molecule has 1 amide bonds. The Bertz CT molecular complexity index is 227. The fourth-order valence-corrected chi connectivity index (χ4v) is 2.51. The van der Waals surface area contributed by atoms with Gasteiger partial charge in [0, 0.05) is 19.6 Å². The summed E-state index contributed by atoms with van der Waals surface area (Å²) < 4.78 is 0. The van der Waals surface area contributed by atoms with E-state index >= 15 is 0 Å². The lowest BCUT2D eigenvalue weighted by Crippen LogP contribution is -2.50. The van der Waals surface area contributed by atoms with Crippen LogP contribution >= 0.6 is 0 Å². The lowest BCUT2D eigenvalue weighted by atomic mass is 9.77. The zero-order valence-electron chi connectivity index (χ0n) is 9.12. The van der Waals surface area contributed by atoms with Gasteiger partial charge >= 0.3 is 0 Å². The number of hydrogen-bond donors (Lipinski definition) is 1. The van der Waals surface area contributed by atoms with Gasteiger partial charge in [0.25, 0.3) is 0 Å². The van der Waals surface area contributed by atoms with Crippen LogP contribution < -0.4 is 5.32 Å². The number of nitrogens with zero attached hydrogens (tertiary/aromatic N) is 1. The average molecular weight is 196 g/mol. The fraction of sp³-hybridized carbons (Fsp3) is 0.909. The molecule has 2 aliphatic rings. The Balaban J connectivity index is 1.83. The molecule has 3 nitrogen and oxygen atoms in total. The fourth-order valence-electron chi connectivity index (χ4n) is 2.51. The number of rotatable bonds is 3. The molecule has 0 aromatic rings. The Morgan fingerprint density at radius 2 is 2.21 bits per heavy atom. The first-order chi connectivity index (χ1) is 6.72. The van der Waals surface area contributed by atoms with Crippen molar-refractivity contribution in [2.24, 2.45) is 5.92 Å². The third-order valence-corrected chi connectivity index (χ3v) is 3.78. The minimum atomic E-state index is 0.111. The molecule has 1 saturated carbocycles. The number of likely N-dealkylation sites (tertiary alicyclic amines) is 1. The van der Waals surface area contributed by atoms with E-state index in [1.165, 1.54) is 19.3 Å². The average Bonchev–Trinajstić information content (AvgIpc) is 2.44. The maximum Gasteiger partial charge on any atom is 0.239 e. The molecular formula is C11H20N2O. The van der Waals surface area contributed by atoms with Crippen molar-refractivity contribution in [1.82, 2.24) is 10.2 Å². The minimum Gasteiger partial charge on any atom is -0.344 e. The summed E-state index contributed by atoms with van der Waals surface area (Å²) in [7, 11) is 1.89. The van der Waals surface area contributed by atoms with E-state index < -0.39 is 0 Å². The van der Waals surface area contributed by atoms with E-state index in [1.807, 2.05) is 11.9 Å². The Morgan fingerprint density at radius 1 is 1.43 bits per heavy atom. The molecule has 2 rings (SSSR count). The molecule has 0 aromatic heterocycles. The third-order valence-electron chi connectivity index (χ3n) is 3.78. The van der Waals surface area contributed by atoms with Crippen molar-refractivity contribution in [3.8, 4) is 0 Å². The van der Waals surface area contributed by atoms with Gasteiger partial charge in [0.2, 0.25) is 5.91 Å². The van der Waals surface area contributed by atoms with Gasteiger partial charge in [-0.25, -0.2) is 0 Å². The van der Waals surface area contributed by atoms with Gasteiger partial charge in [-0.3, -0.25) is 4.79 Å². The van der Waals surface area contributed by atoms with Crippen LogP contribution in [-0.4, -0.2) is 36.5 Å². The SMILES string of the molecule is CCC1CCC1NC1CCN(C)C1=O. The quantitative estimate of drug-likeness (QED) is 0.730. The highest BCUT2D eigenvalue weighted by Crippen LogP contribution is 2.31. The Morgan fingerprint density at radius 3 is 2.64 bits per heavy atom. The summed E-state index contributed by atoms with van der Waals surface area (Å²) in [6.45, 7) is 3.15. The maximum atomic E-state index is 11.6. The van der Waals surface area contributed by atoms with Gasteiger partial charge in [0.05, 0.1) is 6.04 Å². The van der Waals surface area contributed by atoms with E-state index in [0.29, 0.717) is 6.04 Å². The molecule has 3 heteroatoms. The lowest BCUT2D eigenvalue weighted by Gasteiger charge is -2.38. The molecule has 1 N–H and O–H groups in total. The molecule has 80 valence electrons. The molecule has 1 saturated heterocycles. The molecule has 2 fully saturated rings. The van der Waals surface area contributed by atoms with Crippen molar-refractivity contribution in [3.63, 3.8) is 0 Å². The number of carbonyl (C=O) groups excluding carboxylic acids is 1. The highest BCUT2D eigenvalue weighted by atomic mass is 16.2. The minimum absolute atomic E-state index is 0.111. The summed E-state index contributed by atoms with van der Waals surface area (Å²) in [5.74, 6) is 1.10. The number of carbonyl (C=O) groups is 1. The van der Waals surface area contributed by atoms with E-state index in [2.05, 4.69) is 12.2 Å². The molecule has 1 aliphatic carbocycles. The Kier molecular flexibility index (Phi) is 2.77. The predicted molar refractivity (Wildman–Crippen MR) is 56.0 cm³/mol. The molecule has 1 aliphatic heterocycles. The smallest absolute Gasteiger partial charge is 0.239 e. The van der Waals surface area contributed by atoms with Crippen molar-refractivity contribution in [1.29, 1.82) is 0 Å². The van der Waals surface area contributed by atoms with Crippen LogP contribution in [0.3, 0.4) is 0 Å². The van der Waals surface area contributed by atoms with Crippen molar-refractivity contribution in [2.45, 2.75) is 44.7 Å². The summed E-state index contributed by atoms with van der Waals surface area (Å²) in [4.78, 5) is 13.5. The third kappa shape index (κ3) is 1.65. The molecule has 0 bridgehead atoms. The van der Waals surface area contributed by atoms with Gasteiger partial charge in [-0.1, -0.05) is 13.3 Å². The van der Waals surface area contributed by atoms with Crippen LogP contribution in [-0.2, 0) is 4.79 Å². The van der Waals surface area contributed by atoms with E-state index in [9.17, 15) is 4.79 Å². The first-order valence-electron chi connectivity index (χ1n) is 5.73. The lowest BCUT2D eigenvalue weighted by molar-refractivity contribution is -0.128. The molecular weight excluding hydrogens is 176 g/mol. The molecule has 0 radical (unpaired) electrons. The van der Waals surface area contributed by atoms with E-state index in [4.69, 9.17) is 0 Å². The number of amides is 1. The second-order valence-electron chi connectivity index (χ2n) is 4.62. The second-order valence-corrected chi connectivity index (χ2v) is 4.62. The summed E-state index contributed by atoms with van der Waals surface area (Å²) in [6, 6.07) is 0.722. The Labute approximate surface area is 85.8 Å². The van der Waals surface area contributed by atoms with E-state index in [-0.39, 0.29) is 11.9 Å². The standard InChI is InChI=1S/C11H20N2O/c1-3-8-4-5-9(8)12-10-6-7-13(2)11(10)14/h8-10,12H,3-7H2,1-2H3. The molecule has 0 aromatic carbocycles. The van der Waals surface area contributed by atoms with Crippen molar-refractivity contribution >= 4 is 5.91 Å². The van der Waals surface area contributed by atoms with Crippen LogP contribution in [0.2, 0.25) is 0 Å². The van der Waals surface area contributed by atoms with Crippen LogP contribution in [0.5, 0.6) is 0 Å². The first-order valence-corrected chi connectivity index (χ1v) is 5.73. The topological polar surface area (TPSA) is 32.3 Å². The summed E-state index contributed by atoms with van der Waals surface area (Å²) in [5.41, 5.74) is 0. The molecule has 0 spiro atoms. The normalized spacial score (nSPS) is 37.4. The number of nitrogens with one attached hydrogen (secondary N) is 1. The summed E-state index contributed by atoms with van der Waals surface area (Å²) in [6.07, 6.45) is 4.83. The molecule has 14 heavy (non-hydrogen) atoms. The van der Waals surface area contributed by atoms with Crippen LogP contribution in [0.1, 0.15) is 32.6 Å². The summed E-state index contributed by atoms with van der Waals surface area (Å²) in [5, 5.41) is 3.51. The largest absolute Gasteiger partial charge is 0.344 e. The van der Waals surface area contributed by atoms with Gasteiger partial charge < -0.3 is 10.2 Å². The zero-order chi connectivity index (χ0) is 10.1. The second kappa shape index (κ2) is 3.89. The van der Waals surface area contributed by atoms with Crippen LogP contribution in [0.4, 0.5) is 0 Å². The molecule has 1 heterocycles. The van der Waals surface area contributed by atoms with Crippen LogP contribution in [0.15, 0.2) is 0 Å². The number of likely N-dealkylation sites (N-methyl/N-ethyl adjacent to an activating group) is 1. The van der Waals surface area contributed by atoms with Gasteiger partial charge in [-0.05, 0) is 25.2 Å². The highest BCUT2D eigenvalue weighted by Gasteiger charge is 2.36. The van der Waals surface area contributed by atoms with Crippen molar-refractivity contribution in [2.75, 3.05) is 13.6 Å². The highest BCUT2D eigenvalue weighted by molar-refractivity contribution is 5.83. The maximum absolute atomic E-state index is 11.6. The van der Waals surface area contributed by atoms with E-state index in [0.717, 1.165) is 18.9 Å².